The van der Waals surface area contributed by atoms with Gasteiger partial charge < -0.3 is 10.1 Å². The van der Waals surface area contributed by atoms with Gasteiger partial charge >= 0.3 is 0 Å². The van der Waals surface area contributed by atoms with Crippen LogP contribution in [0.4, 0.5) is 0 Å². The molecule has 0 aliphatic carbocycles. The molecule has 0 unspecified atom stereocenters. The SMILES string of the molecule is O=[N+]([O-])NN=C=S. The third-order valence-corrected chi connectivity index (χ3v) is 0.269. The number of thiocarbonyl (C=S) groups is 1. The zero-order valence-electron chi connectivity index (χ0n) is 3.12. The van der Waals surface area contributed by atoms with Crippen molar-refractivity contribution in [3.63, 3.8) is 0 Å². The first kappa shape index (κ1) is 6.00. The minimum atomic E-state index is -0.834. The van der Waals surface area contributed by atoms with Crippen molar-refractivity contribution in [3.05, 3.63) is 10.1 Å². The summed E-state index contributed by atoms with van der Waals surface area (Å²) in [4.78, 5) is 9.27. The molecule has 0 saturated heterocycles. The van der Waals surface area contributed by atoms with Crippen LogP contribution >= 0.6 is 12.2 Å². The maximum atomic E-state index is 9.27. The molecular formula is CHN3O2S. The van der Waals surface area contributed by atoms with Crippen LogP contribution < -0.4 is 5.53 Å². The second kappa shape index (κ2) is 3.20. The van der Waals surface area contributed by atoms with Gasteiger partial charge in [-0.15, -0.1) is 0 Å². The number of nitrogens with zero attached hydrogens (tertiary/aromatic N) is 2. The van der Waals surface area contributed by atoms with E-state index in [0.717, 1.165) is 0 Å². The Morgan fingerprint density at radius 3 is 2.71 bits per heavy atom. The minimum absolute atomic E-state index is 0.834. The number of hydrazone groups is 1. The lowest BCUT2D eigenvalue weighted by Crippen LogP contribution is -2.12. The maximum absolute atomic E-state index is 9.27. The van der Waals surface area contributed by atoms with E-state index in [1.165, 1.54) is 5.53 Å². The Kier molecular flexibility index (Phi) is 2.74. The number of hydrogen-bond donors (Lipinski definition) is 1. The molecule has 0 aliphatic rings. The molecule has 0 aromatic carbocycles. The Morgan fingerprint density at radius 1 is 2.00 bits per heavy atom. The molecule has 0 fully saturated rings. The quantitative estimate of drug-likeness (QED) is 0.236. The van der Waals surface area contributed by atoms with Crippen LogP contribution in [0.25, 0.3) is 0 Å². The van der Waals surface area contributed by atoms with Gasteiger partial charge in [0.05, 0.1) is 5.03 Å². The first-order valence-electron chi connectivity index (χ1n) is 1.24. The summed E-state index contributed by atoms with van der Waals surface area (Å²) in [6.45, 7) is 0. The molecule has 0 aromatic heterocycles. The third kappa shape index (κ3) is 5.00. The van der Waals surface area contributed by atoms with Gasteiger partial charge in [-0.1, -0.05) is 0 Å². The number of isothiocyanates is 1. The standard InChI is InChI=1S/CHN3O2S/c5-4(6)3-2-1-7/h3H. The zero-order valence-corrected chi connectivity index (χ0v) is 3.94. The fourth-order valence-corrected chi connectivity index (χ4v) is 0.102. The highest BCUT2D eigenvalue weighted by Crippen LogP contribution is 1.53. The fourth-order valence-electron chi connectivity index (χ4n) is 0.0612. The van der Waals surface area contributed by atoms with Gasteiger partial charge in [-0.25, -0.2) is 0 Å². The van der Waals surface area contributed by atoms with E-state index in [-0.39, 0.29) is 0 Å². The summed E-state index contributed by atoms with van der Waals surface area (Å²) in [5.41, 5.74) is 1.43. The predicted molar refractivity (Wildman–Crippen MR) is 25.2 cm³/mol. The van der Waals surface area contributed by atoms with Gasteiger partial charge in [0.2, 0.25) is 5.16 Å². The lowest BCUT2D eigenvalue weighted by atomic mass is 11.7. The summed E-state index contributed by atoms with van der Waals surface area (Å²) < 4.78 is 0. The molecule has 0 heterocycles. The summed E-state index contributed by atoms with van der Waals surface area (Å²) in [5, 5.41) is 13.0. The smallest absolute Gasteiger partial charge is 0.228 e. The van der Waals surface area contributed by atoms with Crippen molar-refractivity contribution in [1.82, 2.24) is 5.53 Å². The molecule has 0 radical (unpaired) electrons. The van der Waals surface area contributed by atoms with E-state index in [1.54, 1.807) is 5.16 Å². The van der Waals surface area contributed by atoms with Crippen molar-refractivity contribution in [2.45, 2.75) is 0 Å². The third-order valence-electron chi connectivity index (χ3n) is 0.177. The van der Waals surface area contributed by atoms with Crippen LogP contribution in [-0.4, -0.2) is 10.2 Å². The minimum Gasteiger partial charge on any atom is -0.339 e. The lowest BCUT2D eigenvalue weighted by Gasteiger charge is -1.81. The van der Waals surface area contributed by atoms with E-state index in [2.05, 4.69) is 17.3 Å². The molecule has 1 N–H and O–H groups in total. The average Bonchev–Trinajstić information content (AvgIpc) is 1.61. The number of hydrazine groups is 1. The van der Waals surface area contributed by atoms with Crippen LogP contribution in [0.3, 0.4) is 0 Å². The maximum Gasteiger partial charge on any atom is 0.228 e. The zero-order chi connectivity index (χ0) is 5.70. The molecule has 0 aromatic rings. The van der Waals surface area contributed by atoms with Gasteiger partial charge in [0.1, 0.15) is 5.10 Å². The van der Waals surface area contributed by atoms with Gasteiger partial charge in [-0.2, -0.15) is 0 Å². The monoisotopic (exact) mass is 119 g/mol. The Hall–Kier alpha value is -1.00. The van der Waals surface area contributed by atoms with E-state index in [0.29, 0.717) is 0 Å². The molecule has 38 valence electrons. The molecule has 7 heavy (non-hydrogen) atoms. The van der Waals surface area contributed by atoms with E-state index in [1.807, 2.05) is 0 Å². The summed E-state index contributed by atoms with van der Waals surface area (Å²) >= 11 is 3.99. The molecule has 0 aliphatic heterocycles. The van der Waals surface area contributed by atoms with Crippen molar-refractivity contribution in [1.29, 1.82) is 0 Å². The molecule has 6 heteroatoms. The normalized spacial score (nSPS) is 6.29. The summed E-state index contributed by atoms with van der Waals surface area (Å²) in [6.07, 6.45) is 0. The van der Waals surface area contributed by atoms with Gasteiger partial charge in [-0.05, 0) is 5.53 Å². The van der Waals surface area contributed by atoms with Gasteiger partial charge in [-0.3, -0.25) is 0 Å². The molecular weight excluding hydrogens is 118 g/mol. The topological polar surface area (TPSA) is 67.5 Å². The van der Waals surface area contributed by atoms with Gasteiger partial charge in [0.25, 0.3) is 0 Å². The molecule has 0 atom stereocenters. The van der Waals surface area contributed by atoms with E-state index >= 15 is 0 Å². The van der Waals surface area contributed by atoms with Gasteiger partial charge in [0.15, 0.2) is 0 Å². The number of hydrogen-bond acceptors (Lipinski definition) is 4. The van der Waals surface area contributed by atoms with Gasteiger partial charge in [0, 0.05) is 12.2 Å². The lowest BCUT2D eigenvalue weighted by molar-refractivity contribution is -0.544. The number of rotatable bonds is 2. The Labute approximate surface area is 44.1 Å². The molecule has 0 spiro atoms. The second-order valence-corrected chi connectivity index (χ2v) is 0.743. The summed E-state index contributed by atoms with van der Waals surface area (Å²) in [7, 11) is 0. The molecule has 0 saturated carbocycles. The highest BCUT2D eigenvalue weighted by molar-refractivity contribution is 7.78. The molecule has 0 amide bonds. The van der Waals surface area contributed by atoms with Crippen LogP contribution in [-0.2, 0) is 0 Å². The van der Waals surface area contributed by atoms with Crippen LogP contribution in [0.5, 0.6) is 0 Å². The van der Waals surface area contributed by atoms with Crippen LogP contribution in [0.1, 0.15) is 0 Å². The van der Waals surface area contributed by atoms with Crippen molar-refractivity contribution in [2.24, 2.45) is 5.10 Å². The Morgan fingerprint density at radius 2 is 2.57 bits per heavy atom. The number of nitro groups is 1. The first-order valence-corrected chi connectivity index (χ1v) is 1.65. The highest BCUT2D eigenvalue weighted by Gasteiger charge is 1.78. The summed E-state index contributed by atoms with van der Waals surface area (Å²) in [6, 6.07) is 0. The van der Waals surface area contributed by atoms with Crippen molar-refractivity contribution < 1.29 is 5.03 Å². The average molecular weight is 119 g/mol. The summed E-state index contributed by atoms with van der Waals surface area (Å²) in [5.74, 6) is 0. The first-order chi connectivity index (χ1) is 3.27. The van der Waals surface area contributed by atoms with Crippen LogP contribution in [0, 0.1) is 10.1 Å². The van der Waals surface area contributed by atoms with E-state index < -0.39 is 5.03 Å². The van der Waals surface area contributed by atoms with E-state index in [4.69, 9.17) is 0 Å². The largest absolute Gasteiger partial charge is 0.339 e. The predicted octanol–water partition coefficient (Wildman–Crippen LogP) is -0.215. The van der Waals surface area contributed by atoms with Crippen molar-refractivity contribution in [2.75, 3.05) is 0 Å². The fraction of sp³-hybridized carbons (Fsp3) is 0. The number of nitrogens with one attached hydrogen (secondary N) is 1. The second-order valence-electron chi connectivity index (χ2n) is 0.560. The highest BCUT2D eigenvalue weighted by atomic mass is 32.1. The molecule has 5 nitrogen and oxygen atoms in total. The van der Waals surface area contributed by atoms with Crippen LogP contribution in [0.15, 0.2) is 5.10 Å². The molecule has 0 bridgehead atoms. The van der Waals surface area contributed by atoms with Crippen LogP contribution in [0.2, 0.25) is 0 Å². The van der Waals surface area contributed by atoms with Crippen molar-refractivity contribution in [3.8, 4) is 0 Å². The van der Waals surface area contributed by atoms with E-state index in [9.17, 15) is 10.1 Å². The van der Waals surface area contributed by atoms with Crippen molar-refractivity contribution >= 4 is 17.4 Å². The Bertz CT molecular complexity index is 116. The molecule has 0 rings (SSSR count). The Balaban J connectivity index is 3.32.